The maximum atomic E-state index is 12.0. The van der Waals surface area contributed by atoms with Crippen LogP contribution in [0.4, 0.5) is 0 Å². The lowest BCUT2D eigenvalue weighted by atomic mass is 10.0. The molecular weight excluding hydrogens is 306 g/mol. The standard InChI is InChI=1S/C15H16BrNO2/c1-9-4-5-12(8-10(9)2)11(3)17-15(18)13-6-7-14(16)19-13/h4-8,11H,1-3H3,(H,17,18). The van der Waals surface area contributed by atoms with E-state index in [1.165, 1.54) is 11.1 Å². The van der Waals surface area contributed by atoms with E-state index in [1.807, 2.05) is 13.0 Å². The van der Waals surface area contributed by atoms with Crippen LogP contribution < -0.4 is 5.32 Å². The summed E-state index contributed by atoms with van der Waals surface area (Å²) in [6.07, 6.45) is 0. The minimum absolute atomic E-state index is 0.0596. The van der Waals surface area contributed by atoms with Crippen LogP contribution in [-0.2, 0) is 0 Å². The fourth-order valence-electron chi connectivity index (χ4n) is 1.82. The zero-order chi connectivity index (χ0) is 14.0. The summed E-state index contributed by atoms with van der Waals surface area (Å²) in [6.45, 7) is 6.10. The Bertz CT molecular complexity index is 604. The molecule has 0 aliphatic carbocycles. The van der Waals surface area contributed by atoms with E-state index in [0.717, 1.165) is 5.56 Å². The fraction of sp³-hybridized carbons (Fsp3) is 0.267. The molecule has 1 N–H and O–H groups in total. The zero-order valence-electron chi connectivity index (χ0n) is 11.2. The van der Waals surface area contributed by atoms with Crippen molar-refractivity contribution in [3.05, 3.63) is 57.5 Å². The van der Waals surface area contributed by atoms with Gasteiger partial charge >= 0.3 is 0 Å². The lowest BCUT2D eigenvalue weighted by molar-refractivity contribution is 0.0910. The largest absolute Gasteiger partial charge is 0.444 e. The molecule has 0 saturated carbocycles. The Morgan fingerprint density at radius 1 is 1.21 bits per heavy atom. The predicted molar refractivity (Wildman–Crippen MR) is 78.2 cm³/mol. The van der Waals surface area contributed by atoms with Gasteiger partial charge in [0.15, 0.2) is 10.4 Å². The Morgan fingerprint density at radius 3 is 2.53 bits per heavy atom. The van der Waals surface area contributed by atoms with Crippen LogP contribution in [0.15, 0.2) is 39.4 Å². The fourth-order valence-corrected chi connectivity index (χ4v) is 2.13. The molecule has 0 aliphatic rings. The van der Waals surface area contributed by atoms with Crippen LogP contribution in [0.5, 0.6) is 0 Å². The number of halogens is 1. The number of benzene rings is 1. The summed E-state index contributed by atoms with van der Waals surface area (Å²) in [5, 5.41) is 2.92. The SMILES string of the molecule is Cc1ccc(C(C)NC(=O)c2ccc(Br)o2)cc1C. The summed E-state index contributed by atoms with van der Waals surface area (Å²) in [4.78, 5) is 12.0. The molecule has 0 saturated heterocycles. The molecule has 19 heavy (non-hydrogen) atoms. The Hall–Kier alpha value is -1.55. The van der Waals surface area contributed by atoms with Crippen molar-refractivity contribution in [3.8, 4) is 0 Å². The number of carbonyl (C=O) groups is 1. The number of hydrogen-bond donors (Lipinski definition) is 1. The summed E-state index contributed by atoms with van der Waals surface area (Å²) in [5.41, 5.74) is 3.55. The van der Waals surface area contributed by atoms with Gasteiger partial charge in [-0.2, -0.15) is 0 Å². The molecule has 1 aromatic heterocycles. The second kappa shape index (κ2) is 5.61. The Labute approximate surface area is 121 Å². The molecule has 1 heterocycles. The van der Waals surface area contributed by atoms with E-state index in [1.54, 1.807) is 12.1 Å². The van der Waals surface area contributed by atoms with Gasteiger partial charge in [0.2, 0.25) is 0 Å². The molecule has 1 aromatic carbocycles. The van der Waals surface area contributed by atoms with Gasteiger partial charge < -0.3 is 9.73 Å². The van der Waals surface area contributed by atoms with Crippen LogP contribution in [0.1, 0.15) is 40.2 Å². The molecule has 0 spiro atoms. The van der Waals surface area contributed by atoms with E-state index in [9.17, 15) is 4.79 Å². The van der Waals surface area contributed by atoms with Gasteiger partial charge in [-0.15, -0.1) is 0 Å². The lowest BCUT2D eigenvalue weighted by Gasteiger charge is -2.14. The van der Waals surface area contributed by atoms with E-state index in [0.29, 0.717) is 10.4 Å². The van der Waals surface area contributed by atoms with Crippen molar-refractivity contribution in [2.75, 3.05) is 0 Å². The number of amides is 1. The van der Waals surface area contributed by atoms with Crippen molar-refractivity contribution in [2.45, 2.75) is 26.8 Å². The molecule has 0 radical (unpaired) electrons. The van der Waals surface area contributed by atoms with E-state index in [4.69, 9.17) is 4.42 Å². The number of aryl methyl sites for hydroxylation is 2. The van der Waals surface area contributed by atoms with E-state index in [2.05, 4.69) is 47.2 Å². The van der Waals surface area contributed by atoms with E-state index >= 15 is 0 Å². The molecule has 100 valence electrons. The Kier molecular flexibility index (Phi) is 4.10. The highest BCUT2D eigenvalue weighted by Crippen LogP contribution is 2.18. The van der Waals surface area contributed by atoms with Crippen molar-refractivity contribution >= 4 is 21.8 Å². The second-order valence-corrected chi connectivity index (χ2v) is 5.42. The van der Waals surface area contributed by atoms with Crippen molar-refractivity contribution in [1.29, 1.82) is 0 Å². The first-order chi connectivity index (χ1) is 8.97. The van der Waals surface area contributed by atoms with Gasteiger partial charge in [-0.05, 0) is 65.5 Å². The third kappa shape index (κ3) is 3.26. The maximum absolute atomic E-state index is 12.0. The number of rotatable bonds is 3. The molecule has 3 nitrogen and oxygen atoms in total. The molecule has 2 rings (SSSR count). The van der Waals surface area contributed by atoms with E-state index < -0.39 is 0 Å². The topological polar surface area (TPSA) is 42.2 Å². The Morgan fingerprint density at radius 2 is 1.95 bits per heavy atom. The molecule has 1 unspecified atom stereocenters. The summed E-state index contributed by atoms with van der Waals surface area (Å²) < 4.78 is 5.78. The first-order valence-corrected chi connectivity index (χ1v) is 6.90. The molecule has 4 heteroatoms. The predicted octanol–water partition coefficient (Wildman–Crippen LogP) is 4.15. The third-order valence-electron chi connectivity index (χ3n) is 3.18. The minimum Gasteiger partial charge on any atom is -0.444 e. The van der Waals surface area contributed by atoms with Crippen molar-refractivity contribution in [1.82, 2.24) is 5.32 Å². The number of carbonyl (C=O) groups excluding carboxylic acids is 1. The van der Waals surface area contributed by atoms with Gasteiger partial charge in [-0.25, -0.2) is 0 Å². The summed E-state index contributed by atoms with van der Waals surface area (Å²) in [5.74, 6) is 0.0963. The van der Waals surface area contributed by atoms with Crippen molar-refractivity contribution in [2.24, 2.45) is 0 Å². The van der Waals surface area contributed by atoms with Gasteiger partial charge in [0.25, 0.3) is 5.91 Å². The highest BCUT2D eigenvalue weighted by molar-refractivity contribution is 9.10. The molecule has 2 aromatic rings. The summed E-state index contributed by atoms with van der Waals surface area (Å²) in [6, 6.07) is 9.48. The van der Waals surface area contributed by atoms with Crippen LogP contribution in [-0.4, -0.2) is 5.91 Å². The molecular formula is C15H16BrNO2. The van der Waals surface area contributed by atoms with Crippen LogP contribution in [0, 0.1) is 13.8 Å². The molecule has 0 fully saturated rings. The minimum atomic E-state index is -0.212. The molecule has 0 aliphatic heterocycles. The van der Waals surface area contributed by atoms with Crippen LogP contribution in [0.3, 0.4) is 0 Å². The third-order valence-corrected chi connectivity index (χ3v) is 3.60. The normalized spacial score (nSPS) is 12.2. The smallest absolute Gasteiger partial charge is 0.287 e. The molecule has 0 bridgehead atoms. The van der Waals surface area contributed by atoms with Gasteiger partial charge in [-0.3, -0.25) is 4.79 Å². The lowest BCUT2D eigenvalue weighted by Crippen LogP contribution is -2.26. The molecule has 1 amide bonds. The van der Waals surface area contributed by atoms with Crippen molar-refractivity contribution < 1.29 is 9.21 Å². The highest BCUT2D eigenvalue weighted by atomic mass is 79.9. The van der Waals surface area contributed by atoms with Crippen LogP contribution in [0.2, 0.25) is 0 Å². The van der Waals surface area contributed by atoms with Gasteiger partial charge in [0.1, 0.15) is 0 Å². The summed E-state index contributed by atoms with van der Waals surface area (Å²) >= 11 is 3.18. The quantitative estimate of drug-likeness (QED) is 0.922. The second-order valence-electron chi connectivity index (χ2n) is 4.64. The van der Waals surface area contributed by atoms with Crippen LogP contribution >= 0.6 is 15.9 Å². The van der Waals surface area contributed by atoms with E-state index in [-0.39, 0.29) is 11.9 Å². The van der Waals surface area contributed by atoms with Crippen LogP contribution in [0.25, 0.3) is 0 Å². The molecule has 1 atom stereocenters. The average Bonchev–Trinajstić information content (AvgIpc) is 2.79. The maximum Gasteiger partial charge on any atom is 0.287 e. The van der Waals surface area contributed by atoms with Gasteiger partial charge in [-0.1, -0.05) is 18.2 Å². The first-order valence-electron chi connectivity index (χ1n) is 6.10. The number of nitrogens with one attached hydrogen (secondary N) is 1. The Balaban J connectivity index is 2.10. The van der Waals surface area contributed by atoms with Gasteiger partial charge in [0, 0.05) is 0 Å². The average molecular weight is 322 g/mol. The number of furan rings is 1. The summed E-state index contributed by atoms with van der Waals surface area (Å²) in [7, 11) is 0. The zero-order valence-corrected chi connectivity index (χ0v) is 12.7. The van der Waals surface area contributed by atoms with Gasteiger partial charge in [0.05, 0.1) is 6.04 Å². The highest BCUT2D eigenvalue weighted by Gasteiger charge is 2.14. The monoisotopic (exact) mass is 321 g/mol. The number of hydrogen-bond acceptors (Lipinski definition) is 2. The first kappa shape index (κ1) is 13.9. The van der Waals surface area contributed by atoms with Crippen molar-refractivity contribution in [3.63, 3.8) is 0 Å².